The fraction of sp³-hybridized carbons (Fsp3) is 0.357. The van der Waals surface area contributed by atoms with Gasteiger partial charge in [0.25, 0.3) is 0 Å². The Labute approximate surface area is 102 Å². The van der Waals surface area contributed by atoms with Crippen LogP contribution in [0.25, 0.3) is 0 Å². The van der Waals surface area contributed by atoms with E-state index in [0.29, 0.717) is 0 Å². The Kier molecular flexibility index (Phi) is 5.79. The molecule has 0 atom stereocenters. The van der Waals surface area contributed by atoms with Gasteiger partial charge in [-0.05, 0) is 53.9 Å². The van der Waals surface area contributed by atoms with Gasteiger partial charge in [0.15, 0.2) is 0 Å². The van der Waals surface area contributed by atoms with Crippen LogP contribution in [0.1, 0.15) is 31.7 Å². The normalized spacial score (nSPS) is 11.4. The summed E-state index contributed by atoms with van der Waals surface area (Å²) < 4.78 is 0. The van der Waals surface area contributed by atoms with Gasteiger partial charge in [-0.25, -0.2) is 0 Å². The Bertz CT molecular complexity index is 360. The highest BCUT2D eigenvalue weighted by molar-refractivity contribution is 7.07. The summed E-state index contributed by atoms with van der Waals surface area (Å²) in [6.45, 7) is 9.78. The molecule has 0 fully saturated rings. The lowest BCUT2D eigenvalue weighted by Gasteiger charge is -2.04. The van der Waals surface area contributed by atoms with Crippen LogP contribution < -0.4 is 0 Å². The van der Waals surface area contributed by atoms with Crippen LogP contribution in [0.4, 0.5) is 0 Å². The summed E-state index contributed by atoms with van der Waals surface area (Å²) in [4.78, 5) is 4.04. The summed E-state index contributed by atoms with van der Waals surface area (Å²) in [5.74, 6) is 0. The van der Waals surface area contributed by atoms with Gasteiger partial charge in [-0.3, -0.25) is 4.99 Å². The molecule has 86 valence electrons. The van der Waals surface area contributed by atoms with Gasteiger partial charge in [0.1, 0.15) is 0 Å². The maximum Gasteiger partial charge on any atom is 0.0608 e. The molecule has 0 aliphatic rings. The van der Waals surface area contributed by atoms with E-state index in [0.717, 1.165) is 37.0 Å². The van der Waals surface area contributed by atoms with Crippen molar-refractivity contribution in [3.63, 3.8) is 0 Å². The lowest BCUT2D eigenvalue weighted by molar-refractivity contribution is 0.903. The smallest absolute Gasteiger partial charge is 0.0608 e. The average molecular weight is 233 g/mol. The number of hydrogen-bond donors (Lipinski definition) is 0. The molecule has 1 aromatic heterocycles. The molecule has 0 aliphatic heterocycles. The summed E-state index contributed by atoms with van der Waals surface area (Å²) in [7, 11) is 0. The SMILES string of the molecule is C=N/C(=C\CCc1ccsc1)C(=C)CCC. The Morgan fingerprint density at radius 2 is 2.38 bits per heavy atom. The second-order valence-corrected chi connectivity index (χ2v) is 4.55. The van der Waals surface area contributed by atoms with Gasteiger partial charge >= 0.3 is 0 Å². The molecule has 0 spiro atoms. The van der Waals surface area contributed by atoms with E-state index in [1.54, 1.807) is 11.3 Å². The van der Waals surface area contributed by atoms with Crippen LogP contribution in [-0.4, -0.2) is 6.72 Å². The highest BCUT2D eigenvalue weighted by Gasteiger charge is 1.99. The molecule has 0 saturated carbocycles. The molecule has 0 unspecified atom stereocenters. The predicted molar refractivity (Wildman–Crippen MR) is 74.3 cm³/mol. The minimum Gasteiger partial charge on any atom is -0.265 e. The number of aryl methyl sites for hydroxylation is 1. The summed E-state index contributed by atoms with van der Waals surface area (Å²) in [6.07, 6.45) is 6.33. The molecule has 0 saturated heterocycles. The fourth-order valence-corrected chi connectivity index (χ4v) is 2.26. The van der Waals surface area contributed by atoms with Gasteiger partial charge in [-0.1, -0.05) is 26.0 Å². The highest BCUT2D eigenvalue weighted by atomic mass is 32.1. The molecule has 0 aromatic carbocycles. The number of allylic oxidation sites excluding steroid dienone is 2. The summed E-state index contributed by atoms with van der Waals surface area (Å²) in [5, 5.41) is 4.30. The van der Waals surface area contributed by atoms with Crippen molar-refractivity contribution in [1.82, 2.24) is 0 Å². The van der Waals surface area contributed by atoms with Crippen molar-refractivity contribution in [1.29, 1.82) is 0 Å². The first kappa shape index (κ1) is 12.9. The zero-order chi connectivity index (χ0) is 11.8. The summed E-state index contributed by atoms with van der Waals surface area (Å²) in [6, 6.07) is 2.17. The van der Waals surface area contributed by atoms with Crippen LogP contribution in [0.2, 0.25) is 0 Å². The van der Waals surface area contributed by atoms with Crippen molar-refractivity contribution in [2.24, 2.45) is 4.99 Å². The minimum atomic E-state index is 0.970. The second kappa shape index (κ2) is 7.18. The molecule has 2 heteroatoms. The number of thiophene rings is 1. The number of rotatable bonds is 7. The Morgan fingerprint density at radius 3 is 2.94 bits per heavy atom. The first-order chi connectivity index (χ1) is 7.77. The van der Waals surface area contributed by atoms with Crippen molar-refractivity contribution in [2.75, 3.05) is 0 Å². The number of hydrogen-bond acceptors (Lipinski definition) is 2. The fourth-order valence-electron chi connectivity index (χ4n) is 1.56. The molecule has 0 radical (unpaired) electrons. The average Bonchev–Trinajstić information content (AvgIpc) is 2.77. The van der Waals surface area contributed by atoms with E-state index in [4.69, 9.17) is 0 Å². The molecule has 0 N–H and O–H groups in total. The third-order valence-electron chi connectivity index (χ3n) is 2.44. The lowest BCUT2D eigenvalue weighted by Crippen LogP contribution is -1.86. The van der Waals surface area contributed by atoms with Crippen LogP contribution in [0.5, 0.6) is 0 Å². The van der Waals surface area contributed by atoms with E-state index >= 15 is 0 Å². The number of nitrogens with zero attached hydrogens (tertiary/aromatic N) is 1. The van der Waals surface area contributed by atoms with Crippen LogP contribution in [0, 0.1) is 0 Å². The molecular weight excluding hydrogens is 214 g/mol. The maximum atomic E-state index is 4.04. The summed E-state index contributed by atoms with van der Waals surface area (Å²) >= 11 is 1.74. The first-order valence-electron chi connectivity index (χ1n) is 5.64. The quantitative estimate of drug-likeness (QED) is 0.481. The molecule has 0 bridgehead atoms. The van der Waals surface area contributed by atoms with Crippen molar-refractivity contribution >= 4 is 18.1 Å². The Balaban J connectivity index is 2.47. The topological polar surface area (TPSA) is 12.4 Å². The first-order valence-corrected chi connectivity index (χ1v) is 6.58. The largest absolute Gasteiger partial charge is 0.265 e. The van der Waals surface area contributed by atoms with Gasteiger partial charge < -0.3 is 0 Å². The highest BCUT2D eigenvalue weighted by Crippen LogP contribution is 2.16. The number of aliphatic imine (C=N–C) groups is 1. The standard InChI is InChI=1S/C14H19NS/c1-4-6-12(2)14(15-3)8-5-7-13-9-10-16-11-13/h8-11H,2-7H2,1H3/b14-8-. The van der Waals surface area contributed by atoms with Crippen molar-refractivity contribution in [3.8, 4) is 0 Å². The third-order valence-corrected chi connectivity index (χ3v) is 3.17. The molecular formula is C14H19NS. The van der Waals surface area contributed by atoms with Crippen molar-refractivity contribution < 1.29 is 0 Å². The maximum absolute atomic E-state index is 4.04. The monoisotopic (exact) mass is 233 g/mol. The predicted octanol–water partition coefficient (Wildman–Crippen LogP) is 4.62. The van der Waals surface area contributed by atoms with Crippen molar-refractivity contribution in [3.05, 3.63) is 46.3 Å². The van der Waals surface area contributed by atoms with Crippen molar-refractivity contribution in [2.45, 2.75) is 32.6 Å². The van der Waals surface area contributed by atoms with E-state index < -0.39 is 0 Å². The zero-order valence-corrected chi connectivity index (χ0v) is 10.7. The molecule has 1 rings (SSSR count). The summed E-state index contributed by atoms with van der Waals surface area (Å²) in [5.41, 5.74) is 3.46. The zero-order valence-electron chi connectivity index (χ0n) is 9.91. The van der Waals surface area contributed by atoms with Gasteiger partial charge in [0.2, 0.25) is 0 Å². The van der Waals surface area contributed by atoms with E-state index in [1.807, 2.05) is 0 Å². The Morgan fingerprint density at radius 1 is 1.56 bits per heavy atom. The van der Waals surface area contributed by atoms with Gasteiger partial charge in [0.05, 0.1) is 5.70 Å². The van der Waals surface area contributed by atoms with E-state index in [9.17, 15) is 0 Å². The third kappa shape index (κ3) is 4.15. The van der Waals surface area contributed by atoms with Gasteiger partial charge in [0, 0.05) is 0 Å². The van der Waals surface area contributed by atoms with E-state index in [1.165, 1.54) is 5.56 Å². The molecule has 1 heterocycles. The molecule has 0 aliphatic carbocycles. The Hall–Kier alpha value is -1.15. The van der Waals surface area contributed by atoms with Crippen LogP contribution in [0.3, 0.4) is 0 Å². The van der Waals surface area contributed by atoms with Crippen LogP contribution in [-0.2, 0) is 6.42 Å². The van der Waals surface area contributed by atoms with Crippen LogP contribution in [0.15, 0.2) is 45.7 Å². The molecule has 16 heavy (non-hydrogen) atoms. The van der Waals surface area contributed by atoms with E-state index in [2.05, 4.69) is 48.1 Å². The molecule has 1 aromatic rings. The van der Waals surface area contributed by atoms with Gasteiger partial charge in [-0.15, -0.1) is 0 Å². The lowest BCUT2D eigenvalue weighted by atomic mass is 10.1. The van der Waals surface area contributed by atoms with E-state index in [-0.39, 0.29) is 0 Å². The van der Waals surface area contributed by atoms with Crippen LogP contribution >= 0.6 is 11.3 Å². The minimum absolute atomic E-state index is 0.970. The molecule has 1 nitrogen and oxygen atoms in total. The molecule has 0 amide bonds. The van der Waals surface area contributed by atoms with Gasteiger partial charge in [-0.2, -0.15) is 11.3 Å². The second-order valence-electron chi connectivity index (χ2n) is 3.77.